The third-order valence-electron chi connectivity index (χ3n) is 2.50. The highest BCUT2D eigenvalue weighted by Gasteiger charge is 2.31. The van der Waals surface area contributed by atoms with Gasteiger partial charge in [-0.25, -0.2) is 8.78 Å². The summed E-state index contributed by atoms with van der Waals surface area (Å²) in [6, 6.07) is 0.239. The van der Waals surface area contributed by atoms with Gasteiger partial charge < -0.3 is 9.84 Å². The van der Waals surface area contributed by atoms with E-state index in [1.807, 2.05) is 13.8 Å². The largest absolute Gasteiger partial charge is 0.389 e. The zero-order valence-electron chi connectivity index (χ0n) is 9.90. The van der Waals surface area contributed by atoms with Crippen molar-refractivity contribution in [2.45, 2.75) is 51.4 Å². The predicted molar refractivity (Wildman–Crippen MR) is 57.7 cm³/mol. The highest BCUT2D eigenvalue weighted by Crippen LogP contribution is 2.27. The van der Waals surface area contributed by atoms with Crippen molar-refractivity contribution in [2.75, 3.05) is 19.7 Å². The molecule has 1 aliphatic rings. The Labute approximate surface area is 95.4 Å². The van der Waals surface area contributed by atoms with Crippen molar-refractivity contribution >= 4 is 0 Å². The van der Waals surface area contributed by atoms with Crippen LogP contribution in [0.1, 0.15) is 26.7 Å². The average Bonchev–Trinajstić information content (AvgIpc) is 2.96. The van der Waals surface area contributed by atoms with Gasteiger partial charge >= 0.3 is 0 Å². The molecule has 16 heavy (non-hydrogen) atoms. The van der Waals surface area contributed by atoms with Crippen LogP contribution in [0.4, 0.5) is 8.78 Å². The molecule has 1 saturated carbocycles. The molecule has 1 unspecified atom stereocenters. The van der Waals surface area contributed by atoms with Gasteiger partial charge in [0.25, 0.3) is 6.43 Å². The Morgan fingerprint density at radius 2 is 1.94 bits per heavy atom. The molecule has 3 nitrogen and oxygen atoms in total. The summed E-state index contributed by atoms with van der Waals surface area (Å²) in [4.78, 5) is 1.67. The Kier molecular flexibility index (Phi) is 5.58. The summed E-state index contributed by atoms with van der Waals surface area (Å²) in [7, 11) is 0. The first-order valence-corrected chi connectivity index (χ1v) is 5.81. The average molecular weight is 237 g/mol. The monoisotopic (exact) mass is 237 g/mol. The minimum Gasteiger partial charge on any atom is -0.389 e. The van der Waals surface area contributed by atoms with Crippen molar-refractivity contribution < 1.29 is 18.6 Å². The van der Waals surface area contributed by atoms with Crippen molar-refractivity contribution in [1.29, 1.82) is 0 Å². The van der Waals surface area contributed by atoms with Crippen LogP contribution >= 0.6 is 0 Å². The van der Waals surface area contributed by atoms with E-state index in [0.717, 1.165) is 12.8 Å². The van der Waals surface area contributed by atoms with Gasteiger partial charge in [0.05, 0.1) is 25.4 Å². The Morgan fingerprint density at radius 1 is 1.31 bits per heavy atom. The molecule has 0 radical (unpaired) electrons. The number of nitrogens with zero attached hydrogens (tertiary/aromatic N) is 1. The smallest absolute Gasteiger partial charge is 0.251 e. The minimum atomic E-state index is -2.33. The summed E-state index contributed by atoms with van der Waals surface area (Å²) in [6.07, 6.45) is -1.03. The summed E-state index contributed by atoms with van der Waals surface area (Å²) < 4.78 is 29.8. The summed E-state index contributed by atoms with van der Waals surface area (Å²) in [5, 5.41) is 9.65. The van der Waals surface area contributed by atoms with Gasteiger partial charge in [-0.05, 0) is 26.7 Å². The molecule has 5 heteroatoms. The van der Waals surface area contributed by atoms with Gasteiger partial charge in [-0.1, -0.05) is 0 Å². The lowest BCUT2D eigenvalue weighted by atomic mass is 10.3. The van der Waals surface area contributed by atoms with E-state index >= 15 is 0 Å². The van der Waals surface area contributed by atoms with E-state index in [2.05, 4.69) is 0 Å². The maximum Gasteiger partial charge on any atom is 0.251 e. The van der Waals surface area contributed by atoms with Crippen LogP contribution in [0.15, 0.2) is 0 Å². The fraction of sp³-hybridized carbons (Fsp3) is 1.00. The summed E-state index contributed by atoms with van der Waals surface area (Å²) in [6.45, 7) is 4.00. The molecule has 1 rings (SSSR count). The van der Waals surface area contributed by atoms with E-state index in [9.17, 15) is 13.9 Å². The van der Waals surface area contributed by atoms with Gasteiger partial charge in [-0.2, -0.15) is 0 Å². The second kappa shape index (κ2) is 6.47. The molecule has 1 aliphatic carbocycles. The number of alkyl halides is 2. The number of rotatable bonds is 8. The SMILES string of the molecule is CC(C)OCC(O)CN(CC(F)F)C1CC1. The maximum absolute atomic E-state index is 12.3. The summed E-state index contributed by atoms with van der Waals surface area (Å²) >= 11 is 0. The van der Waals surface area contributed by atoms with Gasteiger partial charge in [0.1, 0.15) is 0 Å². The highest BCUT2D eigenvalue weighted by atomic mass is 19.3. The van der Waals surface area contributed by atoms with E-state index < -0.39 is 12.5 Å². The number of aliphatic hydroxyl groups is 1. The van der Waals surface area contributed by atoms with Gasteiger partial charge in [-0.15, -0.1) is 0 Å². The zero-order valence-corrected chi connectivity index (χ0v) is 9.90. The number of halogens is 2. The molecule has 0 aromatic carbocycles. The normalized spacial score (nSPS) is 18.8. The molecule has 0 heterocycles. The third-order valence-corrected chi connectivity index (χ3v) is 2.50. The molecule has 0 saturated heterocycles. The van der Waals surface area contributed by atoms with Crippen molar-refractivity contribution in [1.82, 2.24) is 4.90 Å². The first-order chi connectivity index (χ1) is 7.49. The van der Waals surface area contributed by atoms with Gasteiger partial charge in [0, 0.05) is 12.6 Å². The zero-order chi connectivity index (χ0) is 12.1. The molecular weight excluding hydrogens is 216 g/mol. The van der Waals surface area contributed by atoms with Crippen molar-refractivity contribution in [3.63, 3.8) is 0 Å². The minimum absolute atomic E-state index is 0.0547. The Hall–Kier alpha value is -0.260. The third kappa shape index (κ3) is 5.72. The van der Waals surface area contributed by atoms with Gasteiger partial charge in [-0.3, -0.25) is 4.90 Å². The molecule has 0 bridgehead atoms. The highest BCUT2D eigenvalue weighted by molar-refractivity contribution is 4.86. The molecule has 96 valence electrons. The van der Waals surface area contributed by atoms with Crippen LogP contribution in [0.25, 0.3) is 0 Å². The van der Waals surface area contributed by atoms with Crippen molar-refractivity contribution in [3.05, 3.63) is 0 Å². The second-order valence-electron chi connectivity index (χ2n) is 4.61. The number of hydrogen-bond donors (Lipinski definition) is 1. The Morgan fingerprint density at radius 3 is 2.38 bits per heavy atom. The predicted octanol–water partition coefficient (Wildman–Crippen LogP) is 1.50. The van der Waals surface area contributed by atoms with Crippen LogP contribution in [0.2, 0.25) is 0 Å². The molecule has 1 atom stereocenters. The van der Waals surface area contributed by atoms with Crippen LogP contribution in [0.3, 0.4) is 0 Å². The fourth-order valence-electron chi connectivity index (χ4n) is 1.62. The first kappa shape index (κ1) is 13.8. The van der Waals surface area contributed by atoms with Gasteiger partial charge in [0.15, 0.2) is 0 Å². The molecule has 0 aromatic heterocycles. The van der Waals surface area contributed by atoms with E-state index in [0.29, 0.717) is 0 Å². The Bertz CT molecular complexity index is 198. The van der Waals surface area contributed by atoms with Crippen LogP contribution in [0.5, 0.6) is 0 Å². The topological polar surface area (TPSA) is 32.7 Å². The van der Waals surface area contributed by atoms with E-state index in [4.69, 9.17) is 4.74 Å². The van der Waals surface area contributed by atoms with Crippen molar-refractivity contribution in [3.8, 4) is 0 Å². The lowest BCUT2D eigenvalue weighted by Gasteiger charge is -2.24. The van der Waals surface area contributed by atoms with Gasteiger partial charge in [0.2, 0.25) is 0 Å². The fourth-order valence-corrected chi connectivity index (χ4v) is 1.62. The first-order valence-electron chi connectivity index (χ1n) is 5.81. The van der Waals surface area contributed by atoms with Crippen LogP contribution in [-0.2, 0) is 4.74 Å². The second-order valence-corrected chi connectivity index (χ2v) is 4.61. The number of ether oxygens (including phenoxy) is 1. The number of hydrogen-bond acceptors (Lipinski definition) is 3. The van der Waals surface area contributed by atoms with Crippen LogP contribution < -0.4 is 0 Å². The van der Waals surface area contributed by atoms with E-state index in [1.54, 1.807) is 4.90 Å². The van der Waals surface area contributed by atoms with Crippen molar-refractivity contribution in [2.24, 2.45) is 0 Å². The molecule has 0 aliphatic heterocycles. The molecule has 0 amide bonds. The van der Waals surface area contributed by atoms with E-state index in [1.165, 1.54) is 0 Å². The van der Waals surface area contributed by atoms with Crippen LogP contribution in [-0.4, -0.2) is 54.4 Å². The molecule has 0 aromatic rings. The number of aliphatic hydroxyl groups excluding tert-OH is 1. The van der Waals surface area contributed by atoms with Crippen LogP contribution in [0, 0.1) is 0 Å². The lowest BCUT2D eigenvalue weighted by Crippen LogP contribution is -2.39. The molecule has 1 N–H and O–H groups in total. The summed E-state index contributed by atoms with van der Waals surface area (Å²) in [5.41, 5.74) is 0. The lowest BCUT2D eigenvalue weighted by molar-refractivity contribution is -0.0178. The Balaban J connectivity index is 2.24. The standard InChI is InChI=1S/C11H21F2NO2/c1-8(2)16-7-10(15)5-14(6-11(12)13)9-3-4-9/h8-11,15H,3-7H2,1-2H3. The molecular formula is C11H21F2NO2. The molecule has 0 spiro atoms. The quantitative estimate of drug-likeness (QED) is 0.694. The molecule has 1 fully saturated rings. The summed E-state index contributed by atoms with van der Waals surface area (Å²) in [5.74, 6) is 0. The van der Waals surface area contributed by atoms with E-state index in [-0.39, 0.29) is 31.8 Å². The maximum atomic E-state index is 12.3.